The van der Waals surface area contributed by atoms with E-state index in [-0.39, 0.29) is 5.75 Å². The van der Waals surface area contributed by atoms with Crippen LogP contribution in [-0.4, -0.2) is 22.1 Å². The van der Waals surface area contributed by atoms with Gasteiger partial charge >= 0.3 is 5.69 Å². The molecule has 25 heavy (non-hydrogen) atoms. The third kappa shape index (κ3) is 3.32. The zero-order valence-electron chi connectivity index (χ0n) is 13.9. The van der Waals surface area contributed by atoms with Crippen LogP contribution in [0, 0.1) is 24.0 Å². The first-order valence-electron chi connectivity index (χ1n) is 7.50. The molecule has 0 bridgehead atoms. The number of hydrogen-bond acceptors (Lipinski definition) is 6. The molecule has 0 fully saturated rings. The number of thiazole rings is 1. The molecule has 128 valence electrons. The average molecular weight is 356 g/mol. The number of aromatic nitrogens is 1. The van der Waals surface area contributed by atoms with Crippen LogP contribution in [0.25, 0.3) is 22.4 Å². The van der Waals surface area contributed by atoms with Gasteiger partial charge in [0.2, 0.25) is 5.75 Å². The molecule has 3 rings (SSSR count). The molecule has 3 aromatic rings. The zero-order valence-corrected chi connectivity index (χ0v) is 14.8. The number of nitrogens with zero attached hydrogens (tertiary/aromatic N) is 2. The number of fused-ring (bicyclic) bond motifs is 1. The van der Waals surface area contributed by atoms with E-state index in [1.807, 2.05) is 13.0 Å². The Labute approximate surface area is 148 Å². The highest BCUT2D eigenvalue weighted by Crippen LogP contribution is 2.37. The molecule has 0 saturated carbocycles. The van der Waals surface area contributed by atoms with Crippen LogP contribution in [0.5, 0.6) is 11.5 Å². The van der Waals surface area contributed by atoms with Crippen molar-refractivity contribution >= 4 is 39.4 Å². The lowest BCUT2D eigenvalue weighted by Gasteiger charge is -2.05. The van der Waals surface area contributed by atoms with Gasteiger partial charge in [-0.25, -0.2) is 4.98 Å². The van der Waals surface area contributed by atoms with Gasteiger partial charge in [0.05, 0.1) is 22.2 Å². The highest BCUT2D eigenvalue weighted by atomic mass is 32.1. The lowest BCUT2D eigenvalue weighted by atomic mass is 10.1. The highest BCUT2D eigenvalue weighted by Gasteiger charge is 2.19. The monoisotopic (exact) mass is 356 g/mol. The molecule has 0 radical (unpaired) electrons. The van der Waals surface area contributed by atoms with Gasteiger partial charge in [0, 0.05) is 6.07 Å². The Hall–Kier alpha value is -2.93. The fourth-order valence-corrected chi connectivity index (χ4v) is 3.39. The second-order valence-corrected chi connectivity index (χ2v) is 6.70. The van der Waals surface area contributed by atoms with Gasteiger partial charge in [0.1, 0.15) is 5.01 Å². The summed E-state index contributed by atoms with van der Waals surface area (Å²) in [6.07, 6.45) is 3.51. The molecular formula is C18H16N2O4S. The summed E-state index contributed by atoms with van der Waals surface area (Å²) in [5, 5.41) is 21.7. The summed E-state index contributed by atoms with van der Waals surface area (Å²) in [5.74, 6) is -0.417. The maximum absolute atomic E-state index is 11.1. The predicted molar refractivity (Wildman–Crippen MR) is 99.3 cm³/mol. The van der Waals surface area contributed by atoms with Crippen molar-refractivity contribution in [2.75, 3.05) is 7.11 Å². The SMILES string of the molecule is COc1cc(/C=C/c2nc3cc(C)c(C)cc3s2)cc([N+](=O)[O-])c1O. The third-order valence-electron chi connectivity index (χ3n) is 3.93. The Kier molecular flexibility index (Phi) is 4.41. The first-order chi connectivity index (χ1) is 11.9. The molecule has 0 aliphatic carbocycles. The maximum Gasteiger partial charge on any atom is 0.315 e. The van der Waals surface area contributed by atoms with E-state index >= 15 is 0 Å². The Morgan fingerprint density at radius 3 is 2.60 bits per heavy atom. The normalized spacial score (nSPS) is 11.3. The number of hydrogen-bond donors (Lipinski definition) is 1. The minimum Gasteiger partial charge on any atom is -0.500 e. The average Bonchev–Trinajstić information content (AvgIpc) is 2.95. The van der Waals surface area contributed by atoms with Crippen LogP contribution in [0.2, 0.25) is 0 Å². The largest absolute Gasteiger partial charge is 0.500 e. The van der Waals surface area contributed by atoms with Crippen molar-refractivity contribution in [2.24, 2.45) is 0 Å². The standard InChI is InChI=1S/C18H16N2O4S/c1-10-6-13-16(7-11(10)2)25-17(19-13)5-4-12-8-14(20(22)23)18(21)15(9-12)24-3/h4-9,21H,1-3H3/b5-4+. The molecule has 1 N–H and O–H groups in total. The fraction of sp³-hybridized carbons (Fsp3) is 0.167. The number of phenols is 1. The van der Waals surface area contributed by atoms with Crippen molar-refractivity contribution in [3.8, 4) is 11.5 Å². The summed E-state index contributed by atoms with van der Waals surface area (Å²) in [6, 6.07) is 7.00. The maximum atomic E-state index is 11.1. The molecule has 1 aromatic heterocycles. The van der Waals surface area contributed by atoms with Crippen LogP contribution in [0.1, 0.15) is 21.7 Å². The van der Waals surface area contributed by atoms with E-state index in [1.165, 1.54) is 24.3 Å². The van der Waals surface area contributed by atoms with Gasteiger partial charge in [0.15, 0.2) is 5.75 Å². The number of aromatic hydroxyl groups is 1. The molecular weight excluding hydrogens is 340 g/mol. The van der Waals surface area contributed by atoms with E-state index < -0.39 is 16.4 Å². The van der Waals surface area contributed by atoms with E-state index in [1.54, 1.807) is 29.6 Å². The number of aryl methyl sites for hydroxylation is 2. The smallest absolute Gasteiger partial charge is 0.315 e. The van der Waals surface area contributed by atoms with Gasteiger partial charge in [-0.1, -0.05) is 6.08 Å². The van der Waals surface area contributed by atoms with E-state index in [0.717, 1.165) is 15.2 Å². The molecule has 2 aromatic carbocycles. The van der Waals surface area contributed by atoms with Crippen LogP contribution >= 0.6 is 11.3 Å². The van der Waals surface area contributed by atoms with Crippen molar-refractivity contribution in [3.05, 3.63) is 56.1 Å². The quantitative estimate of drug-likeness (QED) is 0.541. The van der Waals surface area contributed by atoms with E-state index in [4.69, 9.17) is 4.74 Å². The molecule has 0 saturated heterocycles. The Morgan fingerprint density at radius 2 is 1.92 bits per heavy atom. The van der Waals surface area contributed by atoms with Crippen LogP contribution < -0.4 is 4.74 Å². The lowest BCUT2D eigenvalue weighted by molar-refractivity contribution is -0.386. The number of nitro benzene ring substituents is 1. The number of ether oxygens (including phenoxy) is 1. The van der Waals surface area contributed by atoms with E-state index in [2.05, 4.69) is 18.0 Å². The molecule has 1 heterocycles. The lowest BCUT2D eigenvalue weighted by Crippen LogP contribution is -1.93. The number of benzene rings is 2. The van der Waals surface area contributed by atoms with Gasteiger partial charge in [-0.15, -0.1) is 11.3 Å². The van der Waals surface area contributed by atoms with Gasteiger partial charge in [0.25, 0.3) is 0 Å². The van der Waals surface area contributed by atoms with Gasteiger partial charge in [-0.05, 0) is 54.8 Å². The van der Waals surface area contributed by atoms with E-state index in [0.29, 0.717) is 5.56 Å². The van der Waals surface area contributed by atoms with Gasteiger partial charge < -0.3 is 9.84 Å². The first-order valence-corrected chi connectivity index (χ1v) is 8.32. The first kappa shape index (κ1) is 16.9. The summed E-state index contributed by atoms with van der Waals surface area (Å²) >= 11 is 1.55. The molecule has 6 nitrogen and oxygen atoms in total. The molecule has 0 spiro atoms. The highest BCUT2D eigenvalue weighted by molar-refractivity contribution is 7.19. The summed E-state index contributed by atoms with van der Waals surface area (Å²) in [5.41, 5.74) is 3.49. The van der Waals surface area contributed by atoms with Crippen molar-refractivity contribution in [1.82, 2.24) is 4.98 Å². The van der Waals surface area contributed by atoms with Crippen LogP contribution in [0.3, 0.4) is 0 Å². The molecule has 0 unspecified atom stereocenters. The Morgan fingerprint density at radius 1 is 1.20 bits per heavy atom. The third-order valence-corrected chi connectivity index (χ3v) is 4.92. The molecule has 0 aliphatic heterocycles. The minimum absolute atomic E-state index is 0.0596. The summed E-state index contributed by atoms with van der Waals surface area (Å²) in [6.45, 7) is 4.11. The van der Waals surface area contributed by atoms with Crippen molar-refractivity contribution in [3.63, 3.8) is 0 Å². The Bertz CT molecular complexity index is 969. The molecule has 0 aliphatic rings. The van der Waals surface area contributed by atoms with Crippen LogP contribution in [0.15, 0.2) is 24.3 Å². The number of rotatable bonds is 4. The second kappa shape index (κ2) is 6.52. The summed E-state index contributed by atoms with van der Waals surface area (Å²) < 4.78 is 6.10. The predicted octanol–water partition coefficient (Wildman–Crippen LogP) is 4.71. The molecule has 7 heteroatoms. The minimum atomic E-state index is -0.640. The van der Waals surface area contributed by atoms with Gasteiger partial charge in [-0.2, -0.15) is 0 Å². The van der Waals surface area contributed by atoms with E-state index in [9.17, 15) is 15.2 Å². The van der Waals surface area contributed by atoms with Crippen molar-refractivity contribution in [2.45, 2.75) is 13.8 Å². The number of nitro groups is 1. The van der Waals surface area contributed by atoms with Crippen molar-refractivity contribution in [1.29, 1.82) is 0 Å². The molecule has 0 atom stereocenters. The number of phenolic OH excluding ortho intramolecular Hbond substituents is 1. The molecule has 0 amide bonds. The number of methoxy groups -OCH3 is 1. The van der Waals surface area contributed by atoms with Crippen LogP contribution in [-0.2, 0) is 0 Å². The summed E-state index contributed by atoms with van der Waals surface area (Å²) in [4.78, 5) is 15.0. The second-order valence-electron chi connectivity index (χ2n) is 5.64. The Balaban J connectivity index is 1.99. The van der Waals surface area contributed by atoms with Crippen LogP contribution in [0.4, 0.5) is 5.69 Å². The van der Waals surface area contributed by atoms with Gasteiger partial charge in [-0.3, -0.25) is 10.1 Å². The fourth-order valence-electron chi connectivity index (χ4n) is 2.44. The zero-order chi connectivity index (χ0) is 18.1. The van der Waals surface area contributed by atoms with Crippen molar-refractivity contribution < 1.29 is 14.8 Å². The summed E-state index contributed by atoms with van der Waals surface area (Å²) in [7, 11) is 1.35. The topological polar surface area (TPSA) is 85.5 Å².